The number of amides is 1. The Bertz CT molecular complexity index is 555. The van der Waals surface area contributed by atoms with Gasteiger partial charge in [-0.15, -0.1) is 6.58 Å². The van der Waals surface area contributed by atoms with E-state index in [2.05, 4.69) is 16.6 Å². The van der Waals surface area contributed by atoms with Crippen molar-refractivity contribution < 1.29 is 18.0 Å². The fraction of sp³-hybridized carbons (Fsp3) is 0.600. The van der Waals surface area contributed by atoms with Crippen LogP contribution in [-0.4, -0.2) is 58.2 Å². The third-order valence-corrected chi connectivity index (χ3v) is 3.94. The summed E-state index contributed by atoms with van der Waals surface area (Å²) >= 11 is 0. The zero-order valence-electron chi connectivity index (χ0n) is 13.1. The van der Waals surface area contributed by atoms with Gasteiger partial charge in [-0.05, 0) is 19.4 Å². The minimum absolute atomic E-state index is 0.206. The topological polar surface area (TPSA) is 41.4 Å². The second-order valence-corrected chi connectivity index (χ2v) is 5.62. The van der Waals surface area contributed by atoms with Crippen molar-refractivity contribution in [2.24, 2.45) is 0 Å². The summed E-state index contributed by atoms with van der Waals surface area (Å²) in [6.07, 6.45) is -0.642. The van der Waals surface area contributed by atoms with Gasteiger partial charge in [-0.3, -0.25) is 14.4 Å². The lowest BCUT2D eigenvalue weighted by molar-refractivity contribution is -0.142. The molecule has 2 rings (SSSR count). The van der Waals surface area contributed by atoms with Gasteiger partial charge in [0, 0.05) is 38.9 Å². The molecule has 8 heteroatoms. The van der Waals surface area contributed by atoms with Gasteiger partial charge in [0.25, 0.3) is 0 Å². The fourth-order valence-electron chi connectivity index (χ4n) is 2.64. The molecule has 128 valence electrons. The van der Waals surface area contributed by atoms with Gasteiger partial charge in [-0.2, -0.15) is 18.3 Å². The van der Waals surface area contributed by atoms with Crippen LogP contribution in [0.15, 0.2) is 24.9 Å². The van der Waals surface area contributed by atoms with Crippen LogP contribution in [0.25, 0.3) is 0 Å². The van der Waals surface area contributed by atoms with Crippen LogP contribution in [0.3, 0.4) is 0 Å². The Hall–Kier alpha value is -1.83. The number of nitrogens with zero attached hydrogens (tertiary/aromatic N) is 4. The predicted octanol–water partition coefficient (Wildman–Crippen LogP) is 2.18. The van der Waals surface area contributed by atoms with Crippen LogP contribution in [0, 0.1) is 0 Å². The average molecular weight is 330 g/mol. The number of halogens is 3. The van der Waals surface area contributed by atoms with Gasteiger partial charge in [-0.25, -0.2) is 0 Å². The zero-order chi connectivity index (χ0) is 17.0. The number of alkyl halides is 3. The van der Waals surface area contributed by atoms with Crippen molar-refractivity contribution in [1.82, 2.24) is 19.6 Å². The van der Waals surface area contributed by atoms with Crippen molar-refractivity contribution in [2.45, 2.75) is 25.6 Å². The largest absolute Gasteiger partial charge is 0.435 e. The molecule has 1 aromatic rings. The Morgan fingerprint density at radius 3 is 2.74 bits per heavy atom. The first kappa shape index (κ1) is 17.5. The molecule has 0 saturated carbocycles. The van der Waals surface area contributed by atoms with Crippen molar-refractivity contribution in [3.8, 4) is 0 Å². The normalized spacial score (nSPS) is 18.5. The molecule has 1 unspecified atom stereocenters. The summed E-state index contributed by atoms with van der Waals surface area (Å²) in [7, 11) is 0. The summed E-state index contributed by atoms with van der Waals surface area (Å²) in [6.45, 7) is 8.82. The maximum absolute atomic E-state index is 12.6. The van der Waals surface area contributed by atoms with E-state index in [9.17, 15) is 18.0 Å². The maximum atomic E-state index is 12.6. The first-order valence-electron chi connectivity index (χ1n) is 7.57. The molecular formula is C15H21F3N4O. The van der Waals surface area contributed by atoms with E-state index in [1.807, 2.05) is 6.08 Å². The average Bonchev–Trinajstić information content (AvgIpc) is 2.88. The number of hydrogen-bond acceptors (Lipinski definition) is 3. The highest BCUT2D eigenvalue weighted by molar-refractivity contribution is 5.80. The lowest BCUT2D eigenvalue weighted by atomic mass is 10.2. The van der Waals surface area contributed by atoms with E-state index in [0.29, 0.717) is 13.1 Å². The van der Waals surface area contributed by atoms with Gasteiger partial charge in [0.2, 0.25) is 5.91 Å². The highest BCUT2D eigenvalue weighted by atomic mass is 19.4. The van der Waals surface area contributed by atoms with Crippen LogP contribution in [0.2, 0.25) is 0 Å². The van der Waals surface area contributed by atoms with Gasteiger partial charge < -0.3 is 4.90 Å². The molecular weight excluding hydrogens is 309 g/mol. The van der Waals surface area contributed by atoms with Crippen LogP contribution in [0.4, 0.5) is 13.2 Å². The first-order chi connectivity index (χ1) is 10.8. The predicted molar refractivity (Wildman–Crippen MR) is 79.8 cm³/mol. The van der Waals surface area contributed by atoms with E-state index in [-0.39, 0.29) is 5.91 Å². The standard InChI is InChI=1S/C15H21F3N4O/c1-3-6-20-7-4-8-21(11-10-20)14(23)12(2)22-9-5-13(19-22)15(16,17)18/h3,5,9,12H,1,4,6-8,10-11H2,2H3. The van der Waals surface area contributed by atoms with Gasteiger partial charge in [0.15, 0.2) is 5.69 Å². The summed E-state index contributed by atoms with van der Waals surface area (Å²) in [5.41, 5.74) is -0.981. The van der Waals surface area contributed by atoms with E-state index in [1.165, 1.54) is 6.20 Å². The highest BCUT2D eigenvalue weighted by Gasteiger charge is 2.34. The van der Waals surface area contributed by atoms with Gasteiger partial charge >= 0.3 is 6.18 Å². The summed E-state index contributed by atoms with van der Waals surface area (Å²) in [5.74, 6) is -0.206. The molecule has 0 aliphatic carbocycles. The van der Waals surface area contributed by atoms with Crippen molar-refractivity contribution in [3.63, 3.8) is 0 Å². The molecule has 1 atom stereocenters. The Kier molecular flexibility index (Phi) is 5.46. The summed E-state index contributed by atoms with van der Waals surface area (Å²) in [6, 6.07) is 0.134. The lowest BCUT2D eigenvalue weighted by Gasteiger charge is -2.24. The Labute approximate surface area is 133 Å². The third-order valence-electron chi connectivity index (χ3n) is 3.94. The Balaban J connectivity index is 2.01. The Morgan fingerprint density at radius 1 is 1.39 bits per heavy atom. The van der Waals surface area contributed by atoms with Gasteiger partial charge in [-0.1, -0.05) is 6.08 Å². The molecule has 1 aromatic heterocycles. The molecule has 1 amide bonds. The van der Waals surface area contributed by atoms with Crippen LogP contribution in [0.5, 0.6) is 0 Å². The number of hydrogen-bond donors (Lipinski definition) is 0. The maximum Gasteiger partial charge on any atom is 0.435 e. The molecule has 0 aromatic carbocycles. The van der Waals surface area contributed by atoms with E-state index >= 15 is 0 Å². The molecule has 0 spiro atoms. The second-order valence-electron chi connectivity index (χ2n) is 5.62. The quantitative estimate of drug-likeness (QED) is 0.795. The molecule has 5 nitrogen and oxygen atoms in total. The smallest absolute Gasteiger partial charge is 0.340 e. The van der Waals surface area contributed by atoms with E-state index in [0.717, 1.165) is 36.8 Å². The van der Waals surface area contributed by atoms with Crippen molar-refractivity contribution in [3.05, 3.63) is 30.6 Å². The minimum Gasteiger partial charge on any atom is -0.340 e. The van der Waals surface area contributed by atoms with E-state index in [4.69, 9.17) is 0 Å². The molecule has 1 aliphatic heterocycles. The number of carbonyl (C=O) groups is 1. The summed E-state index contributed by atoms with van der Waals surface area (Å²) in [4.78, 5) is 16.4. The van der Waals surface area contributed by atoms with E-state index < -0.39 is 17.9 Å². The first-order valence-corrected chi connectivity index (χ1v) is 7.57. The van der Waals surface area contributed by atoms with Crippen molar-refractivity contribution in [2.75, 3.05) is 32.7 Å². The van der Waals surface area contributed by atoms with Crippen LogP contribution in [0.1, 0.15) is 25.1 Å². The molecule has 0 radical (unpaired) electrons. The minimum atomic E-state index is -4.50. The molecule has 1 aliphatic rings. The number of rotatable bonds is 4. The monoisotopic (exact) mass is 330 g/mol. The highest BCUT2D eigenvalue weighted by Crippen LogP contribution is 2.28. The van der Waals surface area contributed by atoms with Crippen molar-refractivity contribution >= 4 is 5.91 Å². The zero-order valence-corrected chi connectivity index (χ0v) is 13.1. The van der Waals surface area contributed by atoms with Crippen molar-refractivity contribution in [1.29, 1.82) is 0 Å². The molecule has 1 saturated heterocycles. The fourth-order valence-corrected chi connectivity index (χ4v) is 2.64. The van der Waals surface area contributed by atoms with Crippen LogP contribution in [-0.2, 0) is 11.0 Å². The SMILES string of the molecule is C=CCN1CCCN(C(=O)C(C)n2ccc(C(F)(F)F)n2)CC1. The van der Waals surface area contributed by atoms with E-state index in [1.54, 1.807) is 11.8 Å². The summed E-state index contributed by atoms with van der Waals surface area (Å²) < 4.78 is 38.9. The third kappa shape index (κ3) is 4.34. The van der Waals surface area contributed by atoms with Gasteiger partial charge in [0.1, 0.15) is 6.04 Å². The van der Waals surface area contributed by atoms with Crippen LogP contribution < -0.4 is 0 Å². The second kappa shape index (κ2) is 7.16. The molecule has 0 N–H and O–H groups in total. The molecule has 0 bridgehead atoms. The summed E-state index contributed by atoms with van der Waals surface area (Å²) in [5, 5.41) is 3.49. The molecule has 2 heterocycles. The molecule has 23 heavy (non-hydrogen) atoms. The Morgan fingerprint density at radius 2 is 2.13 bits per heavy atom. The van der Waals surface area contributed by atoms with Gasteiger partial charge in [0.05, 0.1) is 0 Å². The number of carbonyl (C=O) groups excluding carboxylic acids is 1. The lowest BCUT2D eigenvalue weighted by Crippen LogP contribution is -2.39. The van der Waals surface area contributed by atoms with Crippen LogP contribution >= 0.6 is 0 Å². The number of aromatic nitrogens is 2. The molecule has 1 fully saturated rings.